The molecule has 1 saturated heterocycles. The predicted molar refractivity (Wildman–Crippen MR) is 71.8 cm³/mol. The van der Waals surface area contributed by atoms with Crippen LogP contribution in [0, 0.1) is 0 Å². The summed E-state index contributed by atoms with van der Waals surface area (Å²) in [7, 11) is 0. The number of rotatable bonds is 5. The van der Waals surface area contributed by atoms with E-state index in [-0.39, 0.29) is 11.8 Å². The summed E-state index contributed by atoms with van der Waals surface area (Å²) in [5.74, 6) is -0.381. The molecule has 1 aromatic rings. The minimum absolute atomic E-state index is 0.137. The van der Waals surface area contributed by atoms with E-state index in [0.29, 0.717) is 13.2 Å². The first-order valence-electron chi connectivity index (χ1n) is 6.77. The van der Waals surface area contributed by atoms with E-state index in [2.05, 4.69) is 6.92 Å². The summed E-state index contributed by atoms with van der Waals surface area (Å²) in [6.07, 6.45) is 2.25. The van der Waals surface area contributed by atoms with E-state index in [1.165, 1.54) is 4.90 Å². The number of cyclic esters (lactones) is 1. The molecule has 4 heteroatoms. The van der Waals surface area contributed by atoms with Gasteiger partial charge in [-0.15, -0.1) is 0 Å². The Morgan fingerprint density at radius 2 is 2.11 bits per heavy atom. The average Bonchev–Trinajstić information content (AvgIpc) is 2.86. The molecule has 102 valence electrons. The highest BCUT2D eigenvalue weighted by molar-refractivity contribution is 5.96. The minimum atomic E-state index is -0.512. The molecule has 2 rings (SSSR count). The topological polar surface area (TPSA) is 46.6 Å². The van der Waals surface area contributed by atoms with E-state index in [1.807, 2.05) is 30.3 Å². The summed E-state index contributed by atoms with van der Waals surface area (Å²) in [4.78, 5) is 25.2. The van der Waals surface area contributed by atoms with E-state index in [4.69, 9.17) is 4.74 Å². The van der Waals surface area contributed by atoms with Gasteiger partial charge in [-0.05, 0) is 12.0 Å². The van der Waals surface area contributed by atoms with Gasteiger partial charge < -0.3 is 4.74 Å². The van der Waals surface area contributed by atoms with Crippen molar-refractivity contribution in [2.24, 2.45) is 0 Å². The largest absolute Gasteiger partial charge is 0.447 e. The third-order valence-electron chi connectivity index (χ3n) is 3.37. The number of imide groups is 1. The van der Waals surface area contributed by atoms with Gasteiger partial charge in [-0.2, -0.15) is 0 Å². The number of ether oxygens (including phenoxy) is 1. The van der Waals surface area contributed by atoms with Gasteiger partial charge in [0.1, 0.15) is 6.61 Å². The highest BCUT2D eigenvalue weighted by Crippen LogP contribution is 2.25. The van der Waals surface area contributed by atoms with Crippen LogP contribution in [0.4, 0.5) is 4.79 Å². The van der Waals surface area contributed by atoms with Gasteiger partial charge in [-0.25, -0.2) is 9.69 Å². The van der Waals surface area contributed by atoms with Crippen molar-refractivity contribution < 1.29 is 14.3 Å². The lowest BCUT2D eigenvalue weighted by atomic mass is 9.92. The van der Waals surface area contributed by atoms with Crippen LogP contribution in [-0.4, -0.2) is 30.1 Å². The zero-order chi connectivity index (χ0) is 13.7. The molecule has 0 spiro atoms. The van der Waals surface area contributed by atoms with Crippen molar-refractivity contribution in [1.82, 2.24) is 4.90 Å². The molecular formula is C15H19NO3. The maximum absolute atomic E-state index is 12.5. The first-order chi connectivity index (χ1) is 9.24. The van der Waals surface area contributed by atoms with E-state index in [1.54, 1.807) is 0 Å². The zero-order valence-corrected chi connectivity index (χ0v) is 11.2. The Hall–Kier alpha value is -1.84. The number of hydrogen-bond donors (Lipinski definition) is 0. The van der Waals surface area contributed by atoms with Gasteiger partial charge in [-0.1, -0.05) is 50.1 Å². The Balaban J connectivity index is 2.17. The molecule has 1 unspecified atom stereocenters. The van der Waals surface area contributed by atoms with Crippen molar-refractivity contribution in [1.29, 1.82) is 0 Å². The molecule has 0 aromatic heterocycles. The molecular weight excluding hydrogens is 242 g/mol. The number of benzene rings is 1. The Morgan fingerprint density at radius 3 is 2.68 bits per heavy atom. The highest BCUT2D eigenvalue weighted by Gasteiger charge is 2.33. The monoisotopic (exact) mass is 261 g/mol. The van der Waals surface area contributed by atoms with Gasteiger partial charge >= 0.3 is 6.09 Å². The molecule has 1 aliphatic heterocycles. The molecule has 1 fully saturated rings. The van der Waals surface area contributed by atoms with Crippen LogP contribution in [0.15, 0.2) is 30.3 Å². The fourth-order valence-electron chi connectivity index (χ4n) is 2.31. The molecule has 19 heavy (non-hydrogen) atoms. The Morgan fingerprint density at radius 1 is 1.37 bits per heavy atom. The molecule has 1 heterocycles. The van der Waals surface area contributed by atoms with Gasteiger partial charge in [0.2, 0.25) is 5.91 Å². The molecule has 1 aliphatic rings. The van der Waals surface area contributed by atoms with Crippen molar-refractivity contribution in [3.05, 3.63) is 35.9 Å². The SMILES string of the molecule is CCCCC(C(=O)N1CCOC1=O)c1ccccc1. The molecule has 2 amide bonds. The van der Waals surface area contributed by atoms with Crippen LogP contribution >= 0.6 is 0 Å². The maximum Gasteiger partial charge on any atom is 0.416 e. The van der Waals surface area contributed by atoms with E-state index in [0.717, 1.165) is 24.8 Å². The Labute approximate surface area is 113 Å². The summed E-state index contributed by atoms with van der Waals surface area (Å²) in [6.45, 7) is 2.77. The van der Waals surface area contributed by atoms with Crippen molar-refractivity contribution >= 4 is 12.0 Å². The van der Waals surface area contributed by atoms with Crippen LogP contribution in [0.5, 0.6) is 0 Å². The molecule has 4 nitrogen and oxygen atoms in total. The summed E-state index contributed by atoms with van der Waals surface area (Å²) in [6, 6.07) is 9.65. The summed E-state index contributed by atoms with van der Waals surface area (Å²) >= 11 is 0. The first-order valence-corrected chi connectivity index (χ1v) is 6.77. The maximum atomic E-state index is 12.5. The number of unbranched alkanes of at least 4 members (excludes halogenated alkanes) is 1. The number of carbonyl (C=O) groups is 2. The summed E-state index contributed by atoms with van der Waals surface area (Å²) in [5, 5.41) is 0. The van der Waals surface area contributed by atoms with E-state index in [9.17, 15) is 9.59 Å². The van der Waals surface area contributed by atoms with Crippen LogP contribution in [0.1, 0.15) is 37.7 Å². The molecule has 0 saturated carbocycles. The van der Waals surface area contributed by atoms with Crippen LogP contribution in [0.25, 0.3) is 0 Å². The van der Waals surface area contributed by atoms with Crippen molar-refractivity contribution in [3.8, 4) is 0 Å². The van der Waals surface area contributed by atoms with Gasteiger partial charge in [0.05, 0.1) is 12.5 Å². The van der Waals surface area contributed by atoms with Crippen molar-refractivity contribution in [2.45, 2.75) is 32.1 Å². The second-order valence-electron chi connectivity index (χ2n) is 4.71. The van der Waals surface area contributed by atoms with Crippen molar-refractivity contribution in [2.75, 3.05) is 13.2 Å². The number of nitrogens with zero attached hydrogens (tertiary/aromatic N) is 1. The quantitative estimate of drug-likeness (QED) is 0.818. The van der Waals surface area contributed by atoms with Gasteiger partial charge in [0.25, 0.3) is 0 Å². The third kappa shape index (κ3) is 3.13. The Bertz CT molecular complexity index is 444. The van der Waals surface area contributed by atoms with Gasteiger partial charge in [0.15, 0.2) is 0 Å². The average molecular weight is 261 g/mol. The lowest BCUT2D eigenvalue weighted by molar-refractivity contribution is -0.129. The highest BCUT2D eigenvalue weighted by atomic mass is 16.6. The number of carbonyl (C=O) groups excluding carboxylic acids is 2. The summed E-state index contributed by atoms with van der Waals surface area (Å²) in [5.41, 5.74) is 0.973. The van der Waals surface area contributed by atoms with Gasteiger partial charge in [-0.3, -0.25) is 4.79 Å². The molecule has 1 atom stereocenters. The van der Waals surface area contributed by atoms with Crippen LogP contribution in [0.2, 0.25) is 0 Å². The van der Waals surface area contributed by atoms with Gasteiger partial charge in [0, 0.05) is 0 Å². The standard InChI is InChI=1S/C15H19NO3/c1-2-3-9-13(12-7-5-4-6-8-12)14(17)16-10-11-19-15(16)18/h4-8,13H,2-3,9-11H2,1H3. The van der Waals surface area contributed by atoms with Crippen LogP contribution in [0.3, 0.4) is 0 Å². The molecule has 0 N–H and O–H groups in total. The molecule has 0 radical (unpaired) electrons. The Kier molecular flexibility index (Phi) is 4.55. The first kappa shape index (κ1) is 13.6. The fraction of sp³-hybridized carbons (Fsp3) is 0.467. The summed E-state index contributed by atoms with van der Waals surface area (Å²) < 4.78 is 4.84. The van der Waals surface area contributed by atoms with Crippen LogP contribution < -0.4 is 0 Å². The lowest BCUT2D eigenvalue weighted by Crippen LogP contribution is -2.35. The smallest absolute Gasteiger partial charge is 0.416 e. The molecule has 0 aliphatic carbocycles. The van der Waals surface area contributed by atoms with E-state index >= 15 is 0 Å². The van der Waals surface area contributed by atoms with Crippen LogP contribution in [-0.2, 0) is 9.53 Å². The normalized spacial score (nSPS) is 16.3. The van der Waals surface area contributed by atoms with Crippen molar-refractivity contribution in [3.63, 3.8) is 0 Å². The second-order valence-corrected chi connectivity index (χ2v) is 4.71. The molecule has 0 bridgehead atoms. The predicted octanol–water partition coefficient (Wildman–Crippen LogP) is 2.94. The fourth-order valence-corrected chi connectivity index (χ4v) is 2.31. The molecule has 1 aromatic carbocycles. The minimum Gasteiger partial charge on any atom is -0.447 e. The lowest BCUT2D eigenvalue weighted by Gasteiger charge is -2.20. The third-order valence-corrected chi connectivity index (χ3v) is 3.37. The number of amides is 2. The number of hydrogen-bond acceptors (Lipinski definition) is 3. The zero-order valence-electron chi connectivity index (χ0n) is 11.2. The van der Waals surface area contributed by atoms with E-state index < -0.39 is 6.09 Å². The second kappa shape index (κ2) is 6.36.